The second-order valence-electron chi connectivity index (χ2n) is 8.60. The number of carbonyl (C=O) groups is 4. The van der Waals surface area contributed by atoms with Crippen LogP contribution in [0.2, 0.25) is 0 Å². The van der Waals surface area contributed by atoms with Gasteiger partial charge in [-0.25, -0.2) is 14.2 Å². The van der Waals surface area contributed by atoms with Gasteiger partial charge in [0.25, 0.3) is 23.5 Å². The molecule has 39 heavy (non-hydrogen) atoms. The lowest BCUT2D eigenvalue weighted by atomic mass is 10.1. The number of nitrogens with one attached hydrogen (secondary N) is 3. The zero-order chi connectivity index (χ0) is 27.7. The summed E-state index contributed by atoms with van der Waals surface area (Å²) in [6, 6.07) is 11.1. The van der Waals surface area contributed by atoms with Crippen LogP contribution in [0.1, 0.15) is 48.0 Å². The van der Waals surface area contributed by atoms with Crippen LogP contribution in [0, 0.1) is 11.8 Å². The Morgan fingerprint density at radius 3 is 2.54 bits per heavy atom. The fourth-order valence-corrected chi connectivity index (χ4v) is 4.22. The van der Waals surface area contributed by atoms with Crippen LogP contribution in [-0.2, 0) is 17.9 Å². The number of ether oxygens (including phenoxy) is 1. The standard InChI is InChI=1S/C25H20N6O7S/c1-12-6-13(2-4-15(12)23(35)36)9-26-21(33)17-8-18(31-24(29-17)30-38-25(31)39)22(34)27-10-14-3-5-19-16(7-14)28-20(32)11-37-19/h2-8H,9-11H2,1H3,(H,26,33)(H,27,34)(H,28,32)(H,35,36). The Morgan fingerprint density at radius 1 is 1.08 bits per heavy atom. The molecule has 1 aliphatic heterocycles. The van der Waals surface area contributed by atoms with Gasteiger partial charge in [-0.15, -0.1) is 0 Å². The van der Waals surface area contributed by atoms with Crippen molar-refractivity contribution >= 4 is 47.4 Å². The number of aromatic carboxylic acids is 1. The lowest BCUT2D eigenvalue weighted by Crippen LogP contribution is -2.28. The quantitative estimate of drug-likeness (QED) is 0.250. The van der Waals surface area contributed by atoms with Crippen molar-refractivity contribution in [2.24, 2.45) is 0 Å². The van der Waals surface area contributed by atoms with E-state index in [0.717, 1.165) is 0 Å². The number of hydrogen-bond acceptors (Lipinski definition) is 9. The van der Waals surface area contributed by atoms with Crippen LogP contribution in [0.25, 0.3) is 5.78 Å². The number of carboxylic acid groups (broad SMARTS) is 1. The van der Waals surface area contributed by atoms with Crippen molar-refractivity contribution in [3.05, 3.63) is 80.9 Å². The zero-order valence-corrected chi connectivity index (χ0v) is 21.1. The average Bonchev–Trinajstić information content (AvgIpc) is 3.29. The van der Waals surface area contributed by atoms with Gasteiger partial charge in [-0.05, 0) is 65.3 Å². The van der Waals surface area contributed by atoms with Crippen LogP contribution >= 0.6 is 12.2 Å². The number of aromatic nitrogens is 3. The van der Waals surface area contributed by atoms with Crippen LogP contribution in [0.5, 0.6) is 5.75 Å². The van der Waals surface area contributed by atoms with E-state index in [2.05, 4.69) is 26.1 Å². The van der Waals surface area contributed by atoms with E-state index < -0.39 is 17.8 Å². The maximum absolute atomic E-state index is 13.2. The minimum absolute atomic E-state index is 0.0207. The molecule has 4 N–H and O–H groups in total. The highest BCUT2D eigenvalue weighted by molar-refractivity contribution is 7.71. The molecule has 0 saturated carbocycles. The van der Waals surface area contributed by atoms with E-state index in [4.69, 9.17) is 21.5 Å². The summed E-state index contributed by atoms with van der Waals surface area (Å²) < 4.78 is 11.5. The molecular formula is C25H20N6O7S. The summed E-state index contributed by atoms with van der Waals surface area (Å²) in [6.07, 6.45) is 0. The van der Waals surface area contributed by atoms with Gasteiger partial charge in [0.05, 0.1) is 11.3 Å². The van der Waals surface area contributed by atoms with Crippen molar-refractivity contribution in [2.75, 3.05) is 11.9 Å². The van der Waals surface area contributed by atoms with Gasteiger partial charge in [-0.2, -0.15) is 0 Å². The molecule has 13 nitrogen and oxygen atoms in total. The monoisotopic (exact) mass is 548 g/mol. The van der Waals surface area contributed by atoms with Gasteiger partial charge in [0, 0.05) is 13.1 Å². The molecule has 0 radical (unpaired) electrons. The van der Waals surface area contributed by atoms with Crippen molar-refractivity contribution in [3.63, 3.8) is 0 Å². The molecule has 2 aromatic heterocycles. The molecular weight excluding hydrogens is 528 g/mol. The maximum atomic E-state index is 13.2. The van der Waals surface area contributed by atoms with Crippen molar-refractivity contribution in [2.45, 2.75) is 20.0 Å². The molecule has 5 rings (SSSR count). The average molecular weight is 549 g/mol. The number of anilines is 1. The molecule has 0 atom stereocenters. The van der Waals surface area contributed by atoms with Gasteiger partial charge in [0.2, 0.25) is 0 Å². The smallest absolute Gasteiger partial charge is 0.335 e. The number of carboxylic acids is 1. The number of benzene rings is 2. The Hall–Kier alpha value is -5.11. The minimum Gasteiger partial charge on any atom is -0.482 e. The van der Waals surface area contributed by atoms with Crippen molar-refractivity contribution in [3.8, 4) is 5.75 Å². The minimum atomic E-state index is -1.04. The third kappa shape index (κ3) is 5.31. The number of rotatable bonds is 7. The maximum Gasteiger partial charge on any atom is 0.335 e. The lowest BCUT2D eigenvalue weighted by Gasteiger charge is -2.18. The summed E-state index contributed by atoms with van der Waals surface area (Å²) in [5.74, 6) is -2.03. The Labute approximate surface area is 224 Å². The molecule has 14 heteroatoms. The van der Waals surface area contributed by atoms with Crippen molar-refractivity contribution in [1.29, 1.82) is 0 Å². The van der Waals surface area contributed by atoms with Gasteiger partial charge in [0.1, 0.15) is 17.1 Å². The second-order valence-corrected chi connectivity index (χ2v) is 8.95. The molecule has 198 valence electrons. The third-order valence-corrected chi connectivity index (χ3v) is 6.15. The molecule has 2 aromatic carbocycles. The molecule has 3 amide bonds. The summed E-state index contributed by atoms with van der Waals surface area (Å²) in [4.78, 5) is 52.9. The van der Waals surface area contributed by atoms with E-state index >= 15 is 0 Å². The van der Waals surface area contributed by atoms with Crippen LogP contribution in [-0.4, -0.2) is 49.9 Å². The SMILES string of the molecule is Cc1cc(CNC(=O)c2cc(C(=O)NCc3ccc4c(c3)NC(=O)CO4)n3c(=S)onc3n2)ccc1C(=O)O. The molecule has 0 fully saturated rings. The predicted octanol–water partition coefficient (Wildman–Crippen LogP) is 2.25. The highest BCUT2D eigenvalue weighted by Gasteiger charge is 2.21. The fraction of sp³-hybridized carbons (Fsp3) is 0.160. The largest absolute Gasteiger partial charge is 0.482 e. The van der Waals surface area contributed by atoms with E-state index in [9.17, 15) is 24.3 Å². The number of hydrogen-bond donors (Lipinski definition) is 4. The van der Waals surface area contributed by atoms with E-state index in [1.807, 2.05) is 0 Å². The van der Waals surface area contributed by atoms with Crippen LogP contribution in [0.15, 0.2) is 47.0 Å². The summed E-state index contributed by atoms with van der Waals surface area (Å²) in [7, 11) is 0. The van der Waals surface area contributed by atoms with Gasteiger partial charge in [-0.3, -0.25) is 14.4 Å². The molecule has 4 aromatic rings. The molecule has 0 bridgehead atoms. The van der Waals surface area contributed by atoms with Crippen LogP contribution in [0.4, 0.5) is 5.69 Å². The topological polar surface area (TPSA) is 177 Å². The highest BCUT2D eigenvalue weighted by atomic mass is 32.1. The number of carbonyl (C=O) groups excluding carboxylic acids is 3. The predicted molar refractivity (Wildman–Crippen MR) is 137 cm³/mol. The van der Waals surface area contributed by atoms with Gasteiger partial charge in [0.15, 0.2) is 6.61 Å². The Kier molecular flexibility index (Phi) is 6.77. The van der Waals surface area contributed by atoms with Gasteiger partial charge >= 0.3 is 10.8 Å². The summed E-state index contributed by atoms with van der Waals surface area (Å²) >= 11 is 5.13. The first-order valence-electron chi connectivity index (χ1n) is 11.5. The first kappa shape index (κ1) is 25.5. The molecule has 1 aliphatic rings. The molecule has 0 spiro atoms. The normalized spacial score (nSPS) is 12.3. The first-order chi connectivity index (χ1) is 18.7. The summed E-state index contributed by atoms with van der Waals surface area (Å²) in [6.45, 7) is 1.79. The number of aryl methyl sites for hydroxylation is 1. The van der Waals surface area contributed by atoms with Crippen molar-refractivity contribution in [1.82, 2.24) is 25.2 Å². The molecule has 3 heterocycles. The van der Waals surface area contributed by atoms with E-state index in [1.165, 1.54) is 16.5 Å². The van der Waals surface area contributed by atoms with E-state index in [0.29, 0.717) is 28.1 Å². The van der Waals surface area contributed by atoms with E-state index in [-0.39, 0.29) is 53.2 Å². The number of fused-ring (bicyclic) bond motifs is 2. The van der Waals surface area contributed by atoms with Gasteiger partial charge < -0.3 is 30.3 Å². The van der Waals surface area contributed by atoms with Crippen molar-refractivity contribution < 1.29 is 33.5 Å². The fourth-order valence-electron chi connectivity index (χ4n) is 4.00. The van der Waals surface area contributed by atoms with Crippen LogP contribution < -0.4 is 20.7 Å². The highest BCUT2D eigenvalue weighted by Crippen LogP contribution is 2.28. The molecule has 0 aliphatic carbocycles. The zero-order valence-electron chi connectivity index (χ0n) is 20.3. The summed E-state index contributed by atoms with van der Waals surface area (Å²) in [5, 5.41) is 21.1. The Bertz CT molecular complexity index is 1730. The number of nitrogens with zero attached hydrogens (tertiary/aromatic N) is 3. The van der Waals surface area contributed by atoms with Gasteiger partial charge in [-0.1, -0.05) is 18.2 Å². The molecule has 0 unspecified atom stereocenters. The number of amides is 3. The lowest BCUT2D eigenvalue weighted by molar-refractivity contribution is -0.118. The first-order valence-corrected chi connectivity index (χ1v) is 11.9. The summed E-state index contributed by atoms with van der Waals surface area (Å²) in [5.41, 5.74) is 2.47. The van der Waals surface area contributed by atoms with E-state index in [1.54, 1.807) is 37.3 Å². The molecule has 0 saturated heterocycles. The Balaban J connectivity index is 1.33. The van der Waals surface area contributed by atoms with Crippen LogP contribution in [0.3, 0.4) is 0 Å². The Morgan fingerprint density at radius 2 is 1.79 bits per heavy atom. The second kappa shape index (κ2) is 10.3. The third-order valence-electron chi connectivity index (χ3n) is 5.89.